The maximum Gasteiger partial charge on any atom is 0.421 e. The van der Waals surface area contributed by atoms with E-state index >= 15 is 0 Å². The van der Waals surface area contributed by atoms with E-state index in [1.165, 1.54) is 11.3 Å². The molecule has 1 amide bonds. The molecule has 1 aromatic carbocycles. The fraction of sp³-hybridized carbons (Fsp3) is 0.417. The number of ether oxygens (including phenoxy) is 1. The number of hydrogen-bond acceptors (Lipinski definition) is 6. The summed E-state index contributed by atoms with van der Waals surface area (Å²) in [5, 5.41) is 0. The largest absolute Gasteiger partial charge is 0.449 e. The molecule has 9 heteroatoms. The van der Waals surface area contributed by atoms with E-state index in [1.807, 2.05) is 54.9 Å². The van der Waals surface area contributed by atoms with Crippen molar-refractivity contribution in [3.05, 3.63) is 59.5 Å². The maximum absolute atomic E-state index is 13.2. The molecule has 178 valence electrons. The molecule has 2 aromatic heterocycles. The molecule has 0 radical (unpaired) electrons. The van der Waals surface area contributed by atoms with Crippen molar-refractivity contribution < 1.29 is 17.9 Å². The fourth-order valence-electron chi connectivity index (χ4n) is 3.33. The van der Waals surface area contributed by atoms with E-state index < -0.39 is 16.1 Å². The molecule has 0 unspecified atom stereocenters. The smallest absolute Gasteiger partial charge is 0.421 e. The molecule has 0 aliphatic carbocycles. The van der Waals surface area contributed by atoms with Gasteiger partial charge in [-0.2, -0.15) is 0 Å². The molecule has 7 nitrogen and oxygen atoms in total. The van der Waals surface area contributed by atoms with Crippen LogP contribution in [0.2, 0.25) is 0 Å². The summed E-state index contributed by atoms with van der Waals surface area (Å²) >= 11 is 1.20. The van der Waals surface area contributed by atoms with Gasteiger partial charge in [-0.15, -0.1) is 11.3 Å². The van der Waals surface area contributed by atoms with E-state index in [1.54, 1.807) is 12.5 Å². The Bertz CT molecular complexity index is 1170. The molecule has 0 aliphatic heterocycles. The van der Waals surface area contributed by atoms with Gasteiger partial charge in [0.25, 0.3) is 10.0 Å². The second-order valence-corrected chi connectivity index (χ2v) is 11.9. The Morgan fingerprint density at radius 3 is 2.64 bits per heavy atom. The molecule has 0 bridgehead atoms. The number of nitrogens with one attached hydrogen (secondary N) is 1. The van der Waals surface area contributed by atoms with E-state index in [9.17, 15) is 13.2 Å². The van der Waals surface area contributed by atoms with E-state index in [0.717, 1.165) is 22.4 Å². The first kappa shape index (κ1) is 25.0. The van der Waals surface area contributed by atoms with Crippen molar-refractivity contribution in [3.8, 4) is 11.1 Å². The predicted octanol–water partition coefficient (Wildman–Crippen LogP) is 5.32. The second-order valence-electron chi connectivity index (χ2n) is 8.87. The lowest BCUT2D eigenvalue weighted by atomic mass is 10.0. The lowest BCUT2D eigenvalue weighted by Gasteiger charge is -2.10. The average molecular weight is 490 g/mol. The Kier molecular flexibility index (Phi) is 8.31. The van der Waals surface area contributed by atoms with E-state index in [2.05, 4.69) is 23.6 Å². The van der Waals surface area contributed by atoms with Crippen LogP contribution in [-0.4, -0.2) is 30.7 Å². The van der Waals surface area contributed by atoms with Crippen LogP contribution in [0.1, 0.15) is 44.6 Å². The first-order valence-corrected chi connectivity index (χ1v) is 13.3. The van der Waals surface area contributed by atoms with Crippen LogP contribution in [0.15, 0.2) is 53.3 Å². The van der Waals surface area contributed by atoms with Crippen LogP contribution in [0.3, 0.4) is 0 Å². The van der Waals surface area contributed by atoms with Crippen LogP contribution < -0.4 is 4.72 Å². The van der Waals surface area contributed by atoms with Crippen LogP contribution in [-0.2, 0) is 27.7 Å². The Morgan fingerprint density at radius 2 is 1.97 bits per heavy atom. The number of thiophene rings is 1. The van der Waals surface area contributed by atoms with Crippen molar-refractivity contribution in [2.24, 2.45) is 11.8 Å². The van der Waals surface area contributed by atoms with Gasteiger partial charge >= 0.3 is 6.09 Å². The molecule has 3 rings (SSSR count). The fourth-order valence-corrected chi connectivity index (χ4v) is 6.17. The third-order valence-corrected chi connectivity index (χ3v) is 7.91. The number of imidazole rings is 1. The summed E-state index contributed by atoms with van der Waals surface area (Å²) in [6.07, 6.45) is 5.80. The zero-order valence-electron chi connectivity index (χ0n) is 19.4. The van der Waals surface area contributed by atoms with Gasteiger partial charge in [0.15, 0.2) is 0 Å². The number of benzene rings is 1. The maximum atomic E-state index is 13.2. The molecule has 33 heavy (non-hydrogen) atoms. The number of rotatable bonds is 10. The minimum Gasteiger partial charge on any atom is -0.449 e. The van der Waals surface area contributed by atoms with E-state index in [4.69, 9.17) is 4.74 Å². The minimum absolute atomic E-state index is 0.124. The molecular formula is C24H31N3O4S2. The summed E-state index contributed by atoms with van der Waals surface area (Å²) in [5.74, 6) is 0.722. The average Bonchev–Trinajstić information content (AvgIpc) is 3.37. The highest BCUT2D eigenvalue weighted by molar-refractivity contribution is 7.92. The van der Waals surface area contributed by atoms with E-state index in [0.29, 0.717) is 30.4 Å². The van der Waals surface area contributed by atoms with Crippen molar-refractivity contribution in [3.63, 3.8) is 0 Å². The molecule has 0 fully saturated rings. The molecule has 0 aliphatic rings. The van der Waals surface area contributed by atoms with Crippen LogP contribution in [0.25, 0.3) is 11.1 Å². The van der Waals surface area contributed by atoms with Gasteiger partial charge in [0.1, 0.15) is 4.21 Å². The molecule has 0 spiro atoms. The lowest BCUT2D eigenvalue weighted by molar-refractivity contribution is 0.146. The van der Waals surface area contributed by atoms with Crippen molar-refractivity contribution >= 4 is 27.5 Å². The molecular weight excluding hydrogens is 458 g/mol. The Hall–Kier alpha value is -2.65. The number of amides is 1. The molecule has 3 aromatic rings. The summed E-state index contributed by atoms with van der Waals surface area (Å²) in [6.45, 7) is 8.98. The number of sulfonamides is 1. The highest BCUT2D eigenvalue weighted by atomic mass is 32.2. The summed E-state index contributed by atoms with van der Waals surface area (Å²) in [5.41, 5.74) is 2.39. The normalized spacial score (nSPS) is 11.8. The van der Waals surface area contributed by atoms with Crippen LogP contribution in [0.4, 0.5) is 4.79 Å². The van der Waals surface area contributed by atoms with Crippen LogP contribution in [0.5, 0.6) is 0 Å². The zero-order chi connectivity index (χ0) is 24.0. The highest BCUT2D eigenvalue weighted by Crippen LogP contribution is 2.36. The van der Waals surface area contributed by atoms with E-state index in [-0.39, 0.29) is 10.8 Å². The molecule has 2 heterocycles. The first-order valence-electron chi connectivity index (χ1n) is 11.0. The number of carbonyl (C=O) groups is 1. The molecule has 0 saturated heterocycles. The SMILES string of the molecule is CC(C)CCOC(=O)NS(=O)(=O)c1sc(CC(C)C)cc1-c1cccc(Cn2ccnc2)c1. The Labute approximate surface area is 199 Å². The Morgan fingerprint density at radius 1 is 1.18 bits per heavy atom. The third kappa shape index (κ3) is 7.17. The highest BCUT2D eigenvalue weighted by Gasteiger charge is 2.26. The summed E-state index contributed by atoms with van der Waals surface area (Å²) < 4.78 is 35.5. The van der Waals surface area contributed by atoms with Gasteiger partial charge in [-0.3, -0.25) is 0 Å². The van der Waals surface area contributed by atoms with Crippen molar-refractivity contribution in [2.45, 2.75) is 51.3 Å². The van der Waals surface area contributed by atoms with Crippen molar-refractivity contribution in [1.82, 2.24) is 14.3 Å². The van der Waals surface area contributed by atoms with Crippen molar-refractivity contribution in [1.29, 1.82) is 0 Å². The first-order chi connectivity index (χ1) is 15.6. The van der Waals surface area contributed by atoms with Gasteiger partial charge in [0.05, 0.1) is 12.9 Å². The minimum atomic E-state index is -4.09. The number of hydrogen-bond donors (Lipinski definition) is 1. The summed E-state index contributed by atoms with van der Waals surface area (Å²) in [6, 6.07) is 9.67. The zero-order valence-corrected chi connectivity index (χ0v) is 21.1. The van der Waals surface area contributed by atoms with Crippen molar-refractivity contribution in [2.75, 3.05) is 6.61 Å². The Balaban J connectivity index is 1.90. The van der Waals surface area contributed by atoms with Crippen LogP contribution in [0, 0.1) is 11.8 Å². The number of carbonyl (C=O) groups excluding carboxylic acids is 1. The molecule has 0 saturated carbocycles. The molecule has 1 N–H and O–H groups in total. The lowest BCUT2D eigenvalue weighted by Crippen LogP contribution is -2.31. The van der Waals surface area contributed by atoms with Gasteiger partial charge in [-0.05, 0) is 47.9 Å². The quantitative estimate of drug-likeness (QED) is 0.416. The topological polar surface area (TPSA) is 90.3 Å². The number of aromatic nitrogens is 2. The summed E-state index contributed by atoms with van der Waals surface area (Å²) in [4.78, 5) is 17.2. The predicted molar refractivity (Wildman–Crippen MR) is 131 cm³/mol. The van der Waals surface area contributed by atoms with Gasteiger partial charge in [-0.25, -0.2) is 22.9 Å². The van der Waals surface area contributed by atoms with Gasteiger partial charge < -0.3 is 9.30 Å². The number of nitrogens with zero attached hydrogens (tertiary/aromatic N) is 2. The van der Waals surface area contributed by atoms with Gasteiger partial charge in [0, 0.05) is 29.4 Å². The third-order valence-electron chi connectivity index (χ3n) is 4.91. The second kappa shape index (κ2) is 11.0. The van der Waals surface area contributed by atoms with Crippen LogP contribution >= 0.6 is 11.3 Å². The standard InChI is InChI=1S/C24H31N3O4S2/c1-17(2)8-11-31-24(28)26-33(29,30)23-22(14-21(32-23)12-18(3)4)20-7-5-6-19(13-20)15-27-10-9-25-16-27/h5-7,9-10,13-14,16-18H,8,11-12,15H2,1-4H3,(H,26,28). The molecule has 0 atom stereocenters. The summed E-state index contributed by atoms with van der Waals surface area (Å²) in [7, 11) is -4.09. The van der Waals surface area contributed by atoms with Gasteiger partial charge in [0.2, 0.25) is 0 Å². The van der Waals surface area contributed by atoms with Gasteiger partial charge in [-0.1, -0.05) is 45.9 Å². The monoisotopic (exact) mass is 489 g/mol.